The Morgan fingerprint density at radius 1 is 1.17 bits per heavy atom. The predicted octanol–water partition coefficient (Wildman–Crippen LogP) is 3.49. The van der Waals surface area contributed by atoms with Crippen molar-refractivity contribution in [1.29, 1.82) is 0 Å². The lowest BCUT2D eigenvalue weighted by molar-refractivity contribution is 0.0726. The molecule has 3 aromatic rings. The molecule has 1 aromatic carbocycles. The van der Waals surface area contributed by atoms with Gasteiger partial charge < -0.3 is 9.47 Å². The number of imidazole rings is 1. The van der Waals surface area contributed by atoms with E-state index in [0.717, 1.165) is 17.7 Å². The second-order valence-electron chi connectivity index (χ2n) is 5.64. The summed E-state index contributed by atoms with van der Waals surface area (Å²) in [6.45, 7) is 2.07. The molecule has 0 N–H and O–H groups in total. The zero-order valence-electron chi connectivity index (χ0n) is 13.8. The van der Waals surface area contributed by atoms with E-state index in [2.05, 4.69) is 16.9 Å². The Morgan fingerprint density at radius 2 is 1.96 bits per heavy atom. The minimum absolute atomic E-state index is 0.00267. The van der Waals surface area contributed by atoms with E-state index in [4.69, 9.17) is 0 Å². The van der Waals surface area contributed by atoms with Crippen LogP contribution in [0.4, 0.5) is 0 Å². The fourth-order valence-electron chi connectivity index (χ4n) is 2.84. The summed E-state index contributed by atoms with van der Waals surface area (Å²) >= 11 is 0. The van der Waals surface area contributed by atoms with Crippen LogP contribution < -0.4 is 0 Å². The molecular formula is C19H20N4O. The molecule has 0 aliphatic carbocycles. The van der Waals surface area contributed by atoms with E-state index in [9.17, 15) is 4.79 Å². The highest BCUT2D eigenvalue weighted by atomic mass is 16.2. The van der Waals surface area contributed by atoms with Crippen LogP contribution in [-0.4, -0.2) is 32.4 Å². The van der Waals surface area contributed by atoms with Gasteiger partial charge in [-0.1, -0.05) is 13.0 Å². The van der Waals surface area contributed by atoms with E-state index in [1.54, 1.807) is 23.6 Å². The quantitative estimate of drug-likeness (QED) is 0.723. The Kier molecular flexibility index (Phi) is 4.70. The number of carbonyl (C=O) groups is 1. The molecule has 0 radical (unpaired) electrons. The summed E-state index contributed by atoms with van der Waals surface area (Å²) in [5.41, 5.74) is 2.69. The Labute approximate surface area is 141 Å². The summed E-state index contributed by atoms with van der Waals surface area (Å²) in [5.74, 6) is 0.00267. The van der Waals surface area contributed by atoms with E-state index < -0.39 is 0 Å². The van der Waals surface area contributed by atoms with Crippen molar-refractivity contribution < 1.29 is 4.79 Å². The summed E-state index contributed by atoms with van der Waals surface area (Å²) < 4.78 is 1.91. The fraction of sp³-hybridized carbons (Fsp3) is 0.211. The lowest BCUT2D eigenvalue weighted by Crippen LogP contribution is -2.31. The van der Waals surface area contributed by atoms with Crippen LogP contribution in [0.3, 0.4) is 0 Å². The van der Waals surface area contributed by atoms with Crippen LogP contribution in [0, 0.1) is 0 Å². The Morgan fingerprint density at radius 3 is 2.54 bits per heavy atom. The van der Waals surface area contributed by atoms with Crippen molar-refractivity contribution in [2.24, 2.45) is 0 Å². The third-order valence-electron chi connectivity index (χ3n) is 4.16. The van der Waals surface area contributed by atoms with Crippen molar-refractivity contribution in [3.05, 3.63) is 78.6 Å². The van der Waals surface area contributed by atoms with E-state index >= 15 is 0 Å². The minimum atomic E-state index is 0.00267. The number of carbonyl (C=O) groups excluding carboxylic acids is 1. The van der Waals surface area contributed by atoms with Gasteiger partial charge in [0.05, 0.1) is 12.4 Å². The SMILES string of the molecule is CCC(c1cccnc1)N(C)C(=O)c1ccc(-n2ccnc2)cc1. The molecule has 0 saturated carbocycles. The molecule has 0 saturated heterocycles. The maximum absolute atomic E-state index is 12.8. The molecule has 0 spiro atoms. The van der Waals surface area contributed by atoms with Crippen LogP contribution in [0.1, 0.15) is 35.3 Å². The van der Waals surface area contributed by atoms with Gasteiger partial charge in [0.2, 0.25) is 0 Å². The molecule has 1 atom stereocenters. The molecule has 2 heterocycles. The first-order valence-electron chi connectivity index (χ1n) is 7.96. The average Bonchev–Trinajstić information content (AvgIpc) is 3.17. The van der Waals surface area contributed by atoms with Crippen molar-refractivity contribution in [3.8, 4) is 5.69 Å². The molecule has 0 fully saturated rings. The maximum Gasteiger partial charge on any atom is 0.254 e. The number of aromatic nitrogens is 3. The monoisotopic (exact) mass is 320 g/mol. The first-order valence-corrected chi connectivity index (χ1v) is 7.96. The highest BCUT2D eigenvalue weighted by Crippen LogP contribution is 2.24. The standard InChI is InChI=1S/C19H20N4O/c1-3-18(16-5-4-10-20-13-16)22(2)19(24)15-6-8-17(9-7-15)23-12-11-21-14-23/h4-14,18H,3H2,1-2H3. The molecule has 5 heteroatoms. The summed E-state index contributed by atoms with van der Waals surface area (Å²) in [5, 5.41) is 0. The van der Waals surface area contributed by atoms with Crippen molar-refractivity contribution in [2.45, 2.75) is 19.4 Å². The van der Waals surface area contributed by atoms with Crippen LogP contribution in [-0.2, 0) is 0 Å². The molecule has 3 rings (SSSR count). The average molecular weight is 320 g/mol. The smallest absolute Gasteiger partial charge is 0.254 e. The second kappa shape index (κ2) is 7.08. The van der Waals surface area contributed by atoms with Gasteiger partial charge in [0.1, 0.15) is 0 Å². The number of hydrogen-bond donors (Lipinski definition) is 0. The van der Waals surface area contributed by atoms with Gasteiger partial charge in [0.25, 0.3) is 5.91 Å². The van der Waals surface area contributed by atoms with Crippen LogP contribution >= 0.6 is 0 Å². The summed E-state index contributed by atoms with van der Waals surface area (Å²) in [6, 6.07) is 11.5. The van der Waals surface area contributed by atoms with Crippen LogP contribution in [0.2, 0.25) is 0 Å². The second-order valence-corrected chi connectivity index (χ2v) is 5.64. The molecule has 24 heavy (non-hydrogen) atoms. The summed E-state index contributed by atoms with van der Waals surface area (Å²) in [4.78, 5) is 22.8. The van der Waals surface area contributed by atoms with Gasteiger partial charge >= 0.3 is 0 Å². The molecule has 2 aromatic heterocycles. The van der Waals surface area contributed by atoms with Crippen LogP contribution in [0.25, 0.3) is 5.69 Å². The number of benzene rings is 1. The lowest BCUT2D eigenvalue weighted by atomic mass is 10.0. The summed E-state index contributed by atoms with van der Waals surface area (Å²) in [7, 11) is 1.84. The molecule has 0 aliphatic heterocycles. The van der Waals surface area contributed by atoms with E-state index in [1.807, 2.05) is 60.4 Å². The minimum Gasteiger partial charge on any atom is -0.335 e. The van der Waals surface area contributed by atoms with Crippen molar-refractivity contribution in [1.82, 2.24) is 19.4 Å². The third kappa shape index (κ3) is 3.20. The molecule has 122 valence electrons. The molecule has 5 nitrogen and oxygen atoms in total. The molecule has 0 bridgehead atoms. The number of hydrogen-bond acceptors (Lipinski definition) is 3. The van der Waals surface area contributed by atoms with Crippen molar-refractivity contribution in [3.63, 3.8) is 0 Å². The number of pyridine rings is 1. The first kappa shape index (κ1) is 15.9. The van der Waals surface area contributed by atoms with Gasteiger partial charge in [-0.2, -0.15) is 0 Å². The molecule has 1 amide bonds. The Hall–Kier alpha value is -2.95. The lowest BCUT2D eigenvalue weighted by Gasteiger charge is -2.27. The maximum atomic E-state index is 12.8. The Bertz CT molecular complexity index is 782. The van der Waals surface area contributed by atoms with Gasteiger partial charge in [-0.25, -0.2) is 4.98 Å². The Balaban J connectivity index is 1.80. The van der Waals surface area contributed by atoms with Gasteiger partial charge in [0, 0.05) is 43.1 Å². The van der Waals surface area contributed by atoms with Crippen molar-refractivity contribution in [2.75, 3.05) is 7.05 Å². The van der Waals surface area contributed by atoms with Gasteiger partial charge in [-0.15, -0.1) is 0 Å². The van der Waals surface area contributed by atoms with Gasteiger partial charge in [0.15, 0.2) is 0 Å². The normalized spacial score (nSPS) is 11.9. The zero-order valence-corrected chi connectivity index (χ0v) is 13.8. The highest BCUT2D eigenvalue weighted by Gasteiger charge is 2.21. The zero-order chi connectivity index (χ0) is 16.9. The van der Waals surface area contributed by atoms with Gasteiger partial charge in [-0.3, -0.25) is 9.78 Å². The summed E-state index contributed by atoms with van der Waals surface area (Å²) in [6.07, 6.45) is 9.73. The number of rotatable bonds is 5. The predicted molar refractivity (Wildman–Crippen MR) is 92.9 cm³/mol. The van der Waals surface area contributed by atoms with E-state index in [1.165, 1.54) is 0 Å². The largest absolute Gasteiger partial charge is 0.335 e. The highest BCUT2D eigenvalue weighted by molar-refractivity contribution is 5.94. The van der Waals surface area contributed by atoms with Crippen LogP contribution in [0.5, 0.6) is 0 Å². The van der Waals surface area contributed by atoms with Crippen molar-refractivity contribution >= 4 is 5.91 Å². The molecule has 1 unspecified atom stereocenters. The molecule has 0 aliphatic rings. The van der Waals surface area contributed by atoms with E-state index in [0.29, 0.717) is 5.56 Å². The molecular weight excluding hydrogens is 300 g/mol. The number of amides is 1. The topological polar surface area (TPSA) is 51.0 Å². The van der Waals surface area contributed by atoms with Crippen LogP contribution in [0.15, 0.2) is 67.5 Å². The van der Waals surface area contributed by atoms with Gasteiger partial charge in [-0.05, 0) is 42.3 Å². The third-order valence-corrected chi connectivity index (χ3v) is 4.16. The first-order chi connectivity index (χ1) is 11.7. The fourth-order valence-corrected chi connectivity index (χ4v) is 2.84. The number of nitrogens with zero attached hydrogens (tertiary/aromatic N) is 4. The van der Waals surface area contributed by atoms with E-state index in [-0.39, 0.29) is 11.9 Å².